The number of nitrogens with one attached hydrogen (secondary N) is 2. The van der Waals surface area contributed by atoms with Gasteiger partial charge in [-0.1, -0.05) is 25.0 Å². The highest BCUT2D eigenvalue weighted by Gasteiger charge is 2.23. The highest BCUT2D eigenvalue weighted by atomic mass is 16.5. The zero-order valence-electron chi connectivity index (χ0n) is 19.5. The van der Waals surface area contributed by atoms with E-state index in [1.165, 1.54) is 44.1 Å². The van der Waals surface area contributed by atoms with Crippen LogP contribution in [0.5, 0.6) is 5.75 Å². The normalized spacial score (nSPS) is 18.5. The summed E-state index contributed by atoms with van der Waals surface area (Å²) in [5.41, 5.74) is 1.30. The van der Waals surface area contributed by atoms with Crippen molar-refractivity contribution >= 4 is 5.96 Å². The zero-order chi connectivity index (χ0) is 22.2. The first-order valence-corrected chi connectivity index (χ1v) is 12.0. The molecule has 1 atom stereocenters. The maximum absolute atomic E-state index is 5.35. The molecule has 0 amide bonds. The fraction of sp³-hybridized carbons (Fsp3) is 0.625. The molecule has 2 aliphatic rings. The van der Waals surface area contributed by atoms with Crippen molar-refractivity contribution in [1.82, 2.24) is 30.3 Å². The van der Waals surface area contributed by atoms with Crippen LogP contribution >= 0.6 is 0 Å². The average molecular weight is 440 g/mol. The van der Waals surface area contributed by atoms with Crippen molar-refractivity contribution < 1.29 is 4.74 Å². The minimum atomic E-state index is 0.295. The number of likely N-dealkylation sites (tertiary alicyclic amines) is 1. The van der Waals surface area contributed by atoms with Gasteiger partial charge in [0, 0.05) is 26.6 Å². The molecule has 1 saturated heterocycles. The fourth-order valence-corrected chi connectivity index (χ4v) is 4.77. The van der Waals surface area contributed by atoms with Crippen LogP contribution in [0.4, 0.5) is 0 Å². The van der Waals surface area contributed by atoms with Crippen molar-refractivity contribution in [1.29, 1.82) is 0 Å². The molecule has 32 heavy (non-hydrogen) atoms. The van der Waals surface area contributed by atoms with Crippen LogP contribution in [-0.4, -0.2) is 59.4 Å². The molecule has 8 heteroatoms. The van der Waals surface area contributed by atoms with Gasteiger partial charge in [-0.25, -0.2) is 0 Å². The summed E-state index contributed by atoms with van der Waals surface area (Å²) in [4.78, 5) is 7.04. The summed E-state index contributed by atoms with van der Waals surface area (Å²) in [6.07, 6.45) is 8.55. The Morgan fingerprint density at radius 2 is 1.75 bits per heavy atom. The number of hydrogen-bond acceptors (Lipinski definition) is 5. The van der Waals surface area contributed by atoms with Crippen molar-refractivity contribution in [3.05, 3.63) is 41.5 Å². The van der Waals surface area contributed by atoms with E-state index in [4.69, 9.17) is 4.74 Å². The molecule has 0 saturated carbocycles. The third-order valence-electron chi connectivity index (χ3n) is 6.62. The lowest BCUT2D eigenvalue weighted by Crippen LogP contribution is -2.44. The van der Waals surface area contributed by atoms with Gasteiger partial charge in [-0.05, 0) is 56.5 Å². The lowest BCUT2D eigenvalue weighted by Gasteiger charge is -2.35. The molecule has 3 heterocycles. The second-order valence-corrected chi connectivity index (χ2v) is 8.69. The van der Waals surface area contributed by atoms with Crippen molar-refractivity contribution in [3.8, 4) is 5.75 Å². The first-order chi connectivity index (χ1) is 15.8. The summed E-state index contributed by atoms with van der Waals surface area (Å²) < 4.78 is 7.63. The number of fused-ring (bicyclic) bond motifs is 1. The first-order valence-electron chi connectivity index (χ1n) is 12.0. The molecule has 2 aliphatic heterocycles. The number of guanidine groups is 1. The molecular formula is C24H37N7O. The summed E-state index contributed by atoms with van der Waals surface area (Å²) in [5, 5.41) is 15.8. The molecule has 0 bridgehead atoms. The van der Waals surface area contributed by atoms with Gasteiger partial charge in [-0.2, -0.15) is 0 Å². The summed E-state index contributed by atoms with van der Waals surface area (Å²) in [6, 6.07) is 8.76. The molecular weight excluding hydrogens is 402 g/mol. The van der Waals surface area contributed by atoms with Crippen molar-refractivity contribution in [2.24, 2.45) is 4.99 Å². The Bertz CT molecular complexity index is 871. The summed E-state index contributed by atoms with van der Waals surface area (Å²) in [6.45, 7) is 4.71. The first kappa shape index (κ1) is 22.6. The van der Waals surface area contributed by atoms with Crippen LogP contribution in [0.15, 0.2) is 29.3 Å². The van der Waals surface area contributed by atoms with E-state index in [1.807, 2.05) is 7.05 Å². The second kappa shape index (κ2) is 11.3. The summed E-state index contributed by atoms with van der Waals surface area (Å²) >= 11 is 0. The number of benzene rings is 1. The van der Waals surface area contributed by atoms with E-state index in [0.717, 1.165) is 56.0 Å². The minimum Gasteiger partial charge on any atom is -0.497 e. The molecule has 8 nitrogen and oxygen atoms in total. The third kappa shape index (κ3) is 5.59. The van der Waals surface area contributed by atoms with Crippen LogP contribution in [-0.2, 0) is 19.5 Å². The number of aryl methyl sites for hydroxylation is 1. The molecule has 0 radical (unpaired) electrons. The molecule has 4 rings (SSSR count). The van der Waals surface area contributed by atoms with Gasteiger partial charge < -0.3 is 19.9 Å². The maximum atomic E-state index is 5.35. The van der Waals surface area contributed by atoms with E-state index < -0.39 is 0 Å². The van der Waals surface area contributed by atoms with Crippen LogP contribution in [0, 0.1) is 0 Å². The van der Waals surface area contributed by atoms with E-state index in [1.54, 1.807) is 7.11 Å². The highest BCUT2D eigenvalue weighted by Crippen LogP contribution is 2.26. The Kier molecular flexibility index (Phi) is 7.98. The summed E-state index contributed by atoms with van der Waals surface area (Å²) in [7, 11) is 3.53. The number of aromatic nitrogens is 3. The van der Waals surface area contributed by atoms with Crippen LogP contribution in [0.2, 0.25) is 0 Å². The van der Waals surface area contributed by atoms with E-state index in [9.17, 15) is 0 Å². The topological polar surface area (TPSA) is 79.6 Å². The lowest BCUT2D eigenvalue weighted by molar-refractivity contribution is 0.164. The molecule has 0 spiro atoms. The molecule has 2 N–H and O–H groups in total. The molecule has 1 aromatic carbocycles. The van der Waals surface area contributed by atoms with Gasteiger partial charge in [0.15, 0.2) is 11.8 Å². The van der Waals surface area contributed by atoms with Gasteiger partial charge in [0.25, 0.3) is 0 Å². The van der Waals surface area contributed by atoms with E-state index >= 15 is 0 Å². The third-order valence-corrected chi connectivity index (χ3v) is 6.62. The quantitative estimate of drug-likeness (QED) is 0.510. The Hall–Kier alpha value is -2.61. The number of piperidine rings is 1. The fourth-order valence-electron chi connectivity index (χ4n) is 4.77. The van der Waals surface area contributed by atoms with Crippen molar-refractivity contribution in [2.45, 2.75) is 64.1 Å². The standard InChI is InChI=1S/C24H37N7O/c1-25-24(27-18-23-29-28-22-9-5-3-8-16-31(22)23)26-17-21(30-14-6-4-7-15-30)19-10-12-20(32-2)13-11-19/h10-13,21H,3-9,14-18H2,1-2H3,(H2,25,26,27). The number of methoxy groups -OCH3 is 1. The van der Waals surface area contributed by atoms with Gasteiger partial charge in [-0.15, -0.1) is 10.2 Å². The van der Waals surface area contributed by atoms with Crippen LogP contribution in [0.1, 0.15) is 61.8 Å². The smallest absolute Gasteiger partial charge is 0.191 e. The van der Waals surface area contributed by atoms with Crippen LogP contribution in [0.3, 0.4) is 0 Å². The van der Waals surface area contributed by atoms with Crippen molar-refractivity contribution in [2.75, 3.05) is 33.8 Å². The SMILES string of the molecule is CN=C(NCc1nnc2n1CCCCC2)NCC(c1ccc(OC)cc1)N1CCCCC1. The molecule has 174 valence electrons. The predicted octanol–water partition coefficient (Wildman–Crippen LogP) is 2.91. The minimum absolute atomic E-state index is 0.295. The maximum Gasteiger partial charge on any atom is 0.191 e. The van der Waals surface area contributed by atoms with E-state index in [-0.39, 0.29) is 0 Å². The van der Waals surface area contributed by atoms with Gasteiger partial charge >= 0.3 is 0 Å². The Labute approximate surface area is 191 Å². The predicted molar refractivity (Wildman–Crippen MR) is 127 cm³/mol. The zero-order valence-corrected chi connectivity index (χ0v) is 19.5. The molecule has 2 aromatic rings. The number of nitrogens with zero attached hydrogens (tertiary/aromatic N) is 5. The molecule has 1 fully saturated rings. The van der Waals surface area contributed by atoms with Gasteiger partial charge in [0.1, 0.15) is 11.6 Å². The number of rotatable bonds is 7. The molecule has 1 aromatic heterocycles. The Balaban J connectivity index is 1.39. The highest BCUT2D eigenvalue weighted by molar-refractivity contribution is 5.79. The number of ether oxygens (including phenoxy) is 1. The lowest BCUT2D eigenvalue weighted by atomic mass is 10.0. The Morgan fingerprint density at radius 1 is 1.00 bits per heavy atom. The monoisotopic (exact) mass is 439 g/mol. The van der Waals surface area contributed by atoms with Crippen LogP contribution in [0.25, 0.3) is 0 Å². The number of aliphatic imine (C=N–C) groups is 1. The largest absolute Gasteiger partial charge is 0.497 e. The van der Waals surface area contributed by atoms with Gasteiger partial charge in [0.05, 0.1) is 19.7 Å². The van der Waals surface area contributed by atoms with E-state index in [0.29, 0.717) is 12.6 Å². The van der Waals surface area contributed by atoms with Crippen molar-refractivity contribution in [3.63, 3.8) is 0 Å². The summed E-state index contributed by atoms with van der Waals surface area (Å²) in [5.74, 6) is 3.80. The Morgan fingerprint density at radius 3 is 2.50 bits per heavy atom. The molecule has 1 unspecified atom stereocenters. The molecule has 0 aliphatic carbocycles. The van der Waals surface area contributed by atoms with Crippen LogP contribution < -0.4 is 15.4 Å². The van der Waals surface area contributed by atoms with E-state index in [2.05, 4.69) is 59.6 Å². The second-order valence-electron chi connectivity index (χ2n) is 8.69. The average Bonchev–Trinajstić information content (AvgIpc) is 3.07. The van der Waals surface area contributed by atoms with Gasteiger partial charge in [-0.3, -0.25) is 9.89 Å². The van der Waals surface area contributed by atoms with Gasteiger partial charge in [0.2, 0.25) is 0 Å². The number of hydrogen-bond donors (Lipinski definition) is 2.